The van der Waals surface area contributed by atoms with Crippen molar-refractivity contribution in [1.29, 1.82) is 0 Å². The van der Waals surface area contributed by atoms with Crippen LogP contribution in [0.4, 0.5) is 5.69 Å². The number of likely N-dealkylation sites (N-methyl/N-ethyl adjacent to an activating group) is 1. The molecule has 1 aliphatic heterocycles. The molecule has 2 aliphatic rings. The zero-order chi connectivity index (χ0) is 13.9. The summed E-state index contributed by atoms with van der Waals surface area (Å²) in [6.07, 6.45) is 3.70. The summed E-state index contributed by atoms with van der Waals surface area (Å²) in [6.45, 7) is 5.92. The molecule has 1 amide bonds. The van der Waals surface area contributed by atoms with E-state index in [1.54, 1.807) is 0 Å². The van der Waals surface area contributed by atoms with Crippen LogP contribution < -0.4 is 10.6 Å². The first-order chi connectivity index (χ1) is 9.78. The topological polar surface area (TPSA) is 44.4 Å². The molecule has 0 radical (unpaired) electrons. The molecule has 0 atom stereocenters. The first-order valence-electron chi connectivity index (χ1n) is 7.67. The van der Waals surface area contributed by atoms with E-state index in [0.717, 1.165) is 49.9 Å². The first kappa shape index (κ1) is 13.4. The van der Waals surface area contributed by atoms with Gasteiger partial charge in [-0.3, -0.25) is 9.69 Å². The van der Waals surface area contributed by atoms with Gasteiger partial charge >= 0.3 is 0 Å². The number of rotatable bonds is 6. The summed E-state index contributed by atoms with van der Waals surface area (Å²) in [6, 6.07) is 6.73. The Labute approximate surface area is 120 Å². The van der Waals surface area contributed by atoms with Gasteiger partial charge in [-0.25, -0.2) is 0 Å². The van der Waals surface area contributed by atoms with E-state index in [1.807, 2.05) is 12.1 Å². The third kappa shape index (κ3) is 2.96. The molecule has 0 spiro atoms. The van der Waals surface area contributed by atoms with Crippen molar-refractivity contribution in [3.05, 3.63) is 29.3 Å². The number of nitrogens with one attached hydrogen (secondary N) is 2. The van der Waals surface area contributed by atoms with Gasteiger partial charge in [-0.2, -0.15) is 0 Å². The Morgan fingerprint density at radius 2 is 2.30 bits per heavy atom. The maximum atomic E-state index is 12.1. The van der Waals surface area contributed by atoms with Crippen LogP contribution in [0.3, 0.4) is 0 Å². The van der Waals surface area contributed by atoms with Crippen molar-refractivity contribution < 1.29 is 4.79 Å². The minimum absolute atomic E-state index is 0.0355. The molecule has 4 nitrogen and oxygen atoms in total. The molecule has 2 N–H and O–H groups in total. The fourth-order valence-electron chi connectivity index (χ4n) is 2.89. The summed E-state index contributed by atoms with van der Waals surface area (Å²) in [7, 11) is 0. The molecule has 1 heterocycles. The van der Waals surface area contributed by atoms with E-state index in [-0.39, 0.29) is 5.91 Å². The molecule has 1 aromatic rings. The van der Waals surface area contributed by atoms with Crippen molar-refractivity contribution in [3.63, 3.8) is 0 Å². The molecule has 4 heteroatoms. The summed E-state index contributed by atoms with van der Waals surface area (Å²) >= 11 is 0. The summed E-state index contributed by atoms with van der Waals surface area (Å²) in [5, 5.41) is 6.34. The highest BCUT2D eigenvalue weighted by atomic mass is 16.1. The number of amides is 1. The lowest BCUT2D eigenvalue weighted by Crippen LogP contribution is -2.36. The van der Waals surface area contributed by atoms with Crippen LogP contribution in [0.5, 0.6) is 0 Å². The van der Waals surface area contributed by atoms with Gasteiger partial charge < -0.3 is 10.6 Å². The quantitative estimate of drug-likeness (QED) is 0.831. The maximum absolute atomic E-state index is 12.1. The van der Waals surface area contributed by atoms with Crippen LogP contribution in [0.25, 0.3) is 0 Å². The molecular weight excluding hydrogens is 250 g/mol. The summed E-state index contributed by atoms with van der Waals surface area (Å²) in [5.41, 5.74) is 3.19. The van der Waals surface area contributed by atoms with Gasteiger partial charge in [0.15, 0.2) is 0 Å². The molecule has 0 saturated heterocycles. The van der Waals surface area contributed by atoms with Crippen molar-refractivity contribution in [3.8, 4) is 0 Å². The first-order valence-corrected chi connectivity index (χ1v) is 7.67. The van der Waals surface area contributed by atoms with E-state index in [9.17, 15) is 4.79 Å². The Balaban J connectivity index is 1.51. The smallest absolute Gasteiger partial charge is 0.251 e. The molecular formula is C16H23N3O. The van der Waals surface area contributed by atoms with Crippen molar-refractivity contribution in [1.82, 2.24) is 10.2 Å². The molecule has 3 rings (SSSR count). The van der Waals surface area contributed by atoms with Crippen LogP contribution in [0, 0.1) is 0 Å². The summed E-state index contributed by atoms with van der Waals surface area (Å²) in [4.78, 5) is 14.6. The second-order valence-corrected chi connectivity index (χ2v) is 5.66. The second kappa shape index (κ2) is 5.83. The van der Waals surface area contributed by atoms with E-state index < -0.39 is 0 Å². The van der Waals surface area contributed by atoms with E-state index >= 15 is 0 Å². The molecule has 0 unspecified atom stereocenters. The van der Waals surface area contributed by atoms with Crippen LogP contribution in [-0.4, -0.2) is 43.0 Å². The van der Waals surface area contributed by atoms with E-state index in [4.69, 9.17) is 0 Å². The molecule has 1 aromatic carbocycles. The van der Waals surface area contributed by atoms with Crippen molar-refractivity contribution in [2.45, 2.75) is 32.2 Å². The van der Waals surface area contributed by atoms with Gasteiger partial charge in [0.25, 0.3) is 5.91 Å². The van der Waals surface area contributed by atoms with Gasteiger partial charge in [-0.1, -0.05) is 13.0 Å². The van der Waals surface area contributed by atoms with Crippen LogP contribution in [0.1, 0.15) is 35.7 Å². The number of carbonyl (C=O) groups is 1. The Kier molecular flexibility index (Phi) is 3.92. The number of hydrogen-bond acceptors (Lipinski definition) is 3. The van der Waals surface area contributed by atoms with Crippen LogP contribution in [0.2, 0.25) is 0 Å². The molecule has 0 bridgehead atoms. The molecule has 108 valence electrons. The van der Waals surface area contributed by atoms with Crippen molar-refractivity contribution in [2.24, 2.45) is 0 Å². The molecule has 0 aromatic heterocycles. The van der Waals surface area contributed by atoms with Crippen molar-refractivity contribution >= 4 is 11.6 Å². The zero-order valence-electron chi connectivity index (χ0n) is 12.1. The fourth-order valence-corrected chi connectivity index (χ4v) is 2.89. The highest BCUT2D eigenvalue weighted by Crippen LogP contribution is 2.26. The molecule has 1 fully saturated rings. The number of fused-ring (bicyclic) bond motifs is 1. The van der Waals surface area contributed by atoms with Crippen LogP contribution in [-0.2, 0) is 6.42 Å². The lowest BCUT2D eigenvalue weighted by atomic mass is 10.1. The van der Waals surface area contributed by atoms with Crippen LogP contribution in [0.15, 0.2) is 18.2 Å². The van der Waals surface area contributed by atoms with E-state index in [0.29, 0.717) is 0 Å². The highest BCUT2D eigenvalue weighted by Gasteiger charge is 2.27. The largest absolute Gasteiger partial charge is 0.384 e. The Morgan fingerprint density at radius 1 is 1.45 bits per heavy atom. The normalized spacial score (nSPS) is 16.9. The SMILES string of the molecule is CCN(CCNC(=O)c1ccc2c(c1)NCC2)C1CC1. The molecule has 1 saturated carbocycles. The predicted octanol–water partition coefficient (Wildman–Crippen LogP) is 1.87. The van der Waals surface area contributed by atoms with E-state index in [2.05, 4.69) is 28.5 Å². The Bertz CT molecular complexity index is 496. The average molecular weight is 273 g/mol. The number of hydrogen-bond donors (Lipinski definition) is 2. The van der Waals surface area contributed by atoms with Gasteiger partial charge in [-0.05, 0) is 43.5 Å². The van der Waals surface area contributed by atoms with Gasteiger partial charge in [0, 0.05) is 36.9 Å². The van der Waals surface area contributed by atoms with Gasteiger partial charge in [-0.15, -0.1) is 0 Å². The van der Waals surface area contributed by atoms with Gasteiger partial charge in [0.2, 0.25) is 0 Å². The Hall–Kier alpha value is -1.55. The fraction of sp³-hybridized carbons (Fsp3) is 0.562. The van der Waals surface area contributed by atoms with Crippen molar-refractivity contribution in [2.75, 3.05) is 31.5 Å². The lowest BCUT2D eigenvalue weighted by molar-refractivity contribution is 0.0948. The van der Waals surface area contributed by atoms with Gasteiger partial charge in [0.1, 0.15) is 0 Å². The molecule has 1 aliphatic carbocycles. The standard InChI is InChI=1S/C16H23N3O/c1-2-19(14-5-6-14)10-9-18-16(20)13-4-3-12-7-8-17-15(12)11-13/h3-4,11,14,17H,2,5-10H2,1H3,(H,18,20). The number of nitrogens with zero attached hydrogens (tertiary/aromatic N) is 1. The summed E-state index contributed by atoms with van der Waals surface area (Å²) in [5.74, 6) is 0.0355. The summed E-state index contributed by atoms with van der Waals surface area (Å²) < 4.78 is 0. The monoisotopic (exact) mass is 273 g/mol. The minimum atomic E-state index is 0.0355. The maximum Gasteiger partial charge on any atom is 0.251 e. The average Bonchev–Trinajstić information content (AvgIpc) is 3.19. The Morgan fingerprint density at radius 3 is 3.05 bits per heavy atom. The number of benzene rings is 1. The third-order valence-electron chi connectivity index (χ3n) is 4.24. The van der Waals surface area contributed by atoms with Gasteiger partial charge in [0.05, 0.1) is 0 Å². The van der Waals surface area contributed by atoms with E-state index in [1.165, 1.54) is 18.4 Å². The lowest BCUT2D eigenvalue weighted by Gasteiger charge is -2.19. The number of carbonyl (C=O) groups excluding carboxylic acids is 1. The minimum Gasteiger partial charge on any atom is -0.384 e. The second-order valence-electron chi connectivity index (χ2n) is 5.66. The predicted molar refractivity (Wildman–Crippen MR) is 81.2 cm³/mol. The van der Waals surface area contributed by atoms with Crippen LogP contribution >= 0.6 is 0 Å². The zero-order valence-corrected chi connectivity index (χ0v) is 12.1. The highest BCUT2D eigenvalue weighted by molar-refractivity contribution is 5.95. The number of anilines is 1. The molecule has 20 heavy (non-hydrogen) atoms. The third-order valence-corrected chi connectivity index (χ3v) is 4.24.